The normalized spacial score (nSPS) is 10.3. The Labute approximate surface area is 121 Å². The smallest absolute Gasteiger partial charge is 0.273 e. The van der Waals surface area contributed by atoms with E-state index in [1.165, 1.54) is 0 Å². The Morgan fingerprint density at radius 3 is 2.52 bits per heavy atom. The van der Waals surface area contributed by atoms with E-state index in [2.05, 4.69) is 15.5 Å². The highest BCUT2D eigenvalue weighted by Gasteiger charge is 2.13. The van der Waals surface area contributed by atoms with Crippen LogP contribution in [0.5, 0.6) is 5.75 Å². The third kappa shape index (κ3) is 2.76. The van der Waals surface area contributed by atoms with Crippen LogP contribution in [0.15, 0.2) is 60.7 Å². The zero-order valence-electron chi connectivity index (χ0n) is 11.1. The summed E-state index contributed by atoms with van der Waals surface area (Å²) in [4.78, 5) is 12.1. The second-order valence-corrected chi connectivity index (χ2v) is 4.50. The monoisotopic (exact) mass is 279 g/mol. The Kier molecular flexibility index (Phi) is 3.39. The highest BCUT2D eigenvalue weighted by molar-refractivity contribution is 6.03. The van der Waals surface area contributed by atoms with E-state index >= 15 is 0 Å². The van der Waals surface area contributed by atoms with Crippen molar-refractivity contribution in [2.45, 2.75) is 0 Å². The topological polar surface area (TPSA) is 78.0 Å². The Hall–Kier alpha value is -3.08. The number of aromatic hydroxyl groups is 1. The van der Waals surface area contributed by atoms with Crippen molar-refractivity contribution < 1.29 is 9.90 Å². The molecule has 104 valence electrons. The van der Waals surface area contributed by atoms with Gasteiger partial charge in [0.15, 0.2) is 0 Å². The Morgan fingerprint density at radius 1 is 1.05 bits per heavy atom. The molecule has 5 heteroatoms. The van der Waals surface area contributed by atoms with Crippen molar-refractivity contribution in [3.8, 4) is 17.0 Å². The van der Waals surface area contributed by atoms with Crippen molar-refractivity contribution in [1.29, 1.82) is 0 Å². The summed E-state index contributed by atoms with van der Waals surface area (Å²) in [7, 11) is 0. The number of hydrogen-bond donors (Lipinski definition) is 3. The number of nitrogens with one attached hydrogen (secondary N) is 2. The number of carbonyl (C=O) groups excluding carboxylic acids is 1. The number of phenolic OH excluding ortho intramolecular Hbond substituents is 1. The first-order valence-corrected chi connectivity index (χ1v) is 6.44. The summed E-state index contributed by atoms with van der Waals surface area (Å²) in [6.45, 7) is 0. The van der Waals surface area contributed by atoms with Crippen molar-refractivity contribution in [3.05, 3.63) is 66.4 Å². The van der Waals surface area contributed by atoms with Crippen LogP contribution in [0.25, 0.3) is 11.3 Å². The van der Waals surface area contributed by atoms with E-state index < -0.39 is 0 Å². The number of phenols is 1. The SMILES string of the molecule is O=C(Nc1ccccc1)c1cc(-c2ccccc2O)n[nH]1. The number of rotatable bonds is 3. The van der Waals surface area contributed by atoms with Crippen molar-refractivity contribution in [1.82, 2.24) is 10.2 Å². The second kappa shape index (κ2) is 5.50. The van der Waals surface area contributed by atoms with E-state index in [9.17, 15) is 9.90 Å². The van der Waals surface area contributed by atoms with Crippen LogP contribution in [0.3, 0.4) is 0 Å². The van der Waals surface area contributed by atoms with Crippen LogP contribution in [-0.2, 0) is 0 Å². The average Bonchev–Trinajstić information content (AvgIpc) is 2.98. The molecule has 1 amide bonds. The molecule has 2 aromatic carbocycles. The first-order valence-electron chi connectivity index (χ1n) is 6.44. The Morgan fingerprint density at radius 2 is 1.76 bits per heavy atom. The maximum absolute atomic E-state index is 12.1. The van der Waals surface area contributed by atoms with Gasteiger partial charge in [0, 0.05) is 11.3 Å². The lowest BCUT2D eigenvalue weighted by Crippen LogP contribution is -2.12. The van der Waals surface area contributed by atoms with Gasteiger partial charge in [-0.05, 0) is 30.3 Å². The van der Waals surface area contributed by atoms with Crippen LogP contribution in [0.1, 0.15) is 10.5 Å². The third-order valence-electron chi connectivity index (χ3n) is 3.03. The van der Waals surface area contributed by atoms with Gasteiger partial charge >= 0.3 is 0 Å². The van der Waals surface area contributed by atoms with Crippen LogP contribution >= 0.6 is 0 Å². The molecule has 0 atom stereocenters. The highest BCUT2D eigenvalue weighted by Crippen LogP contribution is 2.27. The van der Waals surface area contributed by atoms with Crippen LogP contribution in [-0.4, -0.2) is 21.2 Å². The fraction of sp³-hybridized carbons (Fsp3) is 0. The zero-order valence-corrected chi connectivity index (χ0v) is 11.1. The van der Waals surface area contributed by atoms with Gasteiger partial charge in [0.1, 0.15) is 11.4 Å². The standard InChI is InChI=1S/C16H13N3O2/c20-15-9-5-4-8-12(15)13-10-14(19-18-13)16(21)17-11-6-2-1-3-7-11/h1-10,20H,(H,17,21)(H,18,19). The largest absolute Gasteiger partial charge is 0.507 e. The van der Waals surface area contributed by atoms with Crippen molar-refractivity contribution in [2.24, 2.45) is 0 Å². The molecule has 0 aliphatic heterocycles. The fourth-order valence-corrected chi connectivity index (χ4v) is 1.99. The van der Waals surface area contributed by atoms with Gasteiger partial charge in [-0.2, -0.15) is 5.10 Å². The maximum Gasteiger partial charge on any atom is 0.273 e. The van der Waals surface area contributed by atoms with Gasteiger partial charge in [-0.15, -0.1) is 0 Å². The van der Waals surface area contributed by atoms with Gasteiger partial charge in [-0.25, -0.2) is 0 Å². The minimum absolute atomic E-state index is 0.124. The molecule has 0 spiro atoms. The lowest BCUT2D eigenvalue weighted by Gasteiger charge is -2.02. The lowest BCUT2D eigenvalue weighted by molar-refractivity contribution is 0.102. The number of para-hydroxylation sites is 2. The summed E-state index contributed by atoms with van der Waals surface area (Å²) in [5.41, 5.74) is 2.14. The Bertz CT molecular complexity index is 766. The fourth-order valence-electron chi connectivity index (χ4n) is 1.99. The average molecular weight is 279 g/mol. The van der Waals surface area contributed by atoms with E-state index in [0.29, 0.717) is 22.6 Å². The molecule has 0 aliphatic carbocycles. The molecule has 21 heavy (non-hydrogen) atoms. The molecule has 0 bridgehead atoms. The lowest BCUT2D eigenvalue weighted by atomic mass is 10.1. The third-order valence-corrected chi connectivity index (χ3v) is 3.03. The number of aromatic nitrogens is 2. The van der Waals surface area contributed by atoms with Gasteiger partial charge in [0.05, 0.1) is 5.69 Å². The maximum atomic E-state index is 12.1. The highest BCUT2D eigenvalue weighted by atomic mass is 16.3. The molecular formula is C16H13N3O2. The Balaban J connectivity index is 1.82. The summed E-state index contributed by atoms with van der Waals surface area (Å²) >= 11 is 0. The molecule has 0 fully saturated rings. The molecule has 0 saturated carbocycles. The predicted molar refractivity (Wildman–Crippen MR) is 80.1 cm³/mol. The number of aromatic amines is 1. The number of benzene rings is 2. The molecule has 3 rings (SSSR count). The zero-order chi connectivity index (χ0) is 14.7. The predicted octanol–water partition coefficient (Wildman–Crippen LogP) is 3.03. The molecule has 5 nitrogen and oxygen atoms in total. The molecule has 1 aromatic heterocycles. The number of amides is 1. The second-order valence-electron chi connectivity index (χ2n) is 4.50. The molecule has 3 N–H and O–H groups in total. The number of hydrogen-bond acceptors (Lipinski definition) is 3. The first-order chi connectivity index (χ1) is 10.2. The molecule has 1 heterocycles. The summed E-state index contributed by atoms with van der Waals surface area (Å²) in [5, 5.41) is 19.3. The summed E-state index contributed by atoms with van der Waals surface area (Å²) < 4.78 is 0. The van der Waals surface area contributed by atoms with Gasteiger partial charge in [0.25, 0.3) is 5.91 Å². The van der Waals surface area contributed by atoms with E-state index in [1.54, 1.807) is 42.5 Å². The molecule has 3 aromatic rings. The van der Waals surface area contributed by atoms with Crippen molar-refractivity contribution in [2.75, 3.05) is 5.32 Å². The van der Waals surface area contributed by atoms with E-state index in [4.69, 9.17) is 0 Å². The minimum Gasteiger partial charge on any atom is -0.507 e. The van der Waals surface area contributed by atoms with E-state index in [-0.39, 0.29) is 11.7 Å². The first kappa shape index (κ1) is 12.9. The minimum atomic E-state index is -0.282. The quantitative estimate of drug-likeness (QED) is 0.689. The number of anilines is 1. The van der Waals surface area contributed by atoms with Crippen LogP contribution in [0, 0.1) is 0 Å². The van der Waals surface area contributed by atoms with Crippen molar-refractivity contribution in [3.63, 3.8) is 0 Å². The van der Waals surface area contributed by atoms with Crippen LogP contribution in [0.2, 0.25) is 0 Å². The molecule has 0 saturated heterocycles. The summed E-state index contributed by atoms with van der Waals surface area (Å²) in [5.74, 6) is -0.158. The number of H-pyrrole nitrogens is 1. The van der Waals surface area contributed by atoms with E-state index in [0.717, 1.165) is 0 Å². The molecule has 0 unspecified atom stereocenters. The van der Waals surface area contributed by atoms with Gasteiger partial charge < -0.3 is 10.4 Å². The number of nitrogens with zero attached hydrogens (tertiary/aromatic N) is 1. The molecule has 0 radical (unpaired) electrons. The van der Waals surface area contributed by atoms with Crippen LogP contribution < -0.4 is 5.32 Å². The molecular weight excluding hydrogens is 266 g/mol. The van der Waals surface area contributed by atoms with Gasteiger partial charge in [-0.3, -0.25) is 9.89 Å². The molecule has 0 aliphatic rings. The van der Waals surface area contributed by atoms with Crippen LogP contribution in [0.4, 0.5) is 5.69 Å². The van der Waals surface area contributed by atoms with E-state index in [1.807, 2.05) is 18.2 Å². The number of carbonyl (C=O) groups is 1. The summed E-state index contributed by atoms with van der Waals surface area (Å²) in [6.07, 6.45) is 0. The summed E-state index contributed by atoms with van der Waals surface area (Å²) in [6, 6.07) is 17.6. The van der Waals surface area contributed by atoms with Gasteiger partial charge in [0.2, 0.25) is 0 Å². The van der Waals surface area contributed by atoms with Gasteiger partial charge in [-0.1, -0.05) is 30.3 Å². The van der Waals surface area contributed by atoms with Crippen molar-refractivity contribution >= 4 is 11.6 Å².